The third-order valence-electron chi connectivity index (χ3n) is 7.02. The fourth-order valence-corrected chi connectivity index (χ4v) is 5.43. The maximum Gasteiger partial charge on any atom is 0.433 e. The Morgan fingerprint density at radius 2 is 1.69 bits per heavy atom. The lowest BCUT2D eigenvalue weighted by molar-refractivity contribution is -0.402. The molecule has 3 amide bonds. The Labute approximate surface area is 233 Å². The Bertz CT molecular complexity index is 1290. The Kier molecular flexibility index (Phi) is 8.76. The molecule has 39 heavy (non-hydrogen) atoms. The smallest absolute Gasteiger partial charge is 0.433 e. The maximum absolute atomic E-state index is 13.7. The van der Waals surface area contributed by atoms with Crippen LogP contribution in [0.25, 0.3) is 0 Å². The van der Waals surface area contributed by atoms with Crippen LogP contribution >= 0.6 is 23.2 Å². The minimum absolute atomic E-state index is 0.0429. The van der Waals surface area contributed by atoms with E-state index in [-0.39, 0.29) is 46.8 Å². The van der Waals surface area contributed by atoms with E-state index in [1.54, 1.807) is 0 Å². The second kappa shape index (κ2) is 12.0. The maximum atomic E-state index is 13.7. The normalized spacial score (nSPS) is 18.6. The molecular formula is C25H26Cl2N4O8. The summed E-state index contributed by atoms with van der Waals surface area (Å²) in [6.07, 6.45) is 2.54. The molecule has 1 saturated heterocycles. The summed E-state index contributed by atoms with van der Waals surface area (Å²) in [7, 11) is 0. The van der Waals surface area contributed by atoms with Crippen molar-refractivity contribution < 1.29 is 33.6 Å². The van der Waals surface area contributed by atoms with Crippen LogP contribution < -0.4 is 5.32 Å². The van der Waals surface area contributed by atoms with E-state index >= 15 is 0 Å². The number of carbonyl (C=O) groups excluding carboxylic acids is 3. The summed E-state index contributed by atoms with van der Waals surface area (Å²) in [5.74, 6) is -4.37. The zero-order valence-electron chi connectivity index (χ0n) is 20.7. The van der Waals surface area contributed by atoms with Crippen LogP contribution in [0.1, 0.15) is 59.4 Å². The summed E-state index contributed by atoms with van der Waals surface area (Å²) in [4.78, 5) is 64.6. The molecule has 0 bridgehead atoms. The highest BCUT2D eigenvalue weighted by Gasteiger charge is 2.45. The first kappa shape index (κ1) is 28.4. The van der Waals surface area contributed by atoms with Gasteiger partial charge in [0.1, 0.15) is 4.92 Å². The van der Waals surface area contributed by atoms with Crippen molar-refractivity contribution in [3.8, 4) is 0 Å². The number of nitrogens with one attached hydrogen (secondary N) is 1. The lowest BCUT2D eigenvalue weighted by Gasteiger charge is -2.34. The number of benzene rings is 1. The lowest BCUT2D eigenvalue weighted by atomic mass is 9.82. The third-order valence-corrected chi connectivity index (χ3v) is 7.76. The number of nitro groups is 1. The van der Waals surface area contributed by atoms with Gasteiger partial charge in [-0.25, -0.2) is 0 Å². The average molecular weight is 581 g/mol. The first-order valence-electron chi connectivity index (χ1n) is 12.4. The van der Waals surface area contributed by atoms with Gasteiger partial charge < -0.3 is 24.6 Å². The molecule has 2 aliphatic rings. The predicted octanol–water partition coefficient (Wildman–Crippen LogP) is 3.96. The van der Waals surface area contributed by atoms with Gasteiger partial charge in [-0.3, -0.25) is 29.3 Å². The van der Waals surface area contributed by atoms with Crippen molar-refractivity contribution in [3.63, 3.8) is 0 Å². The molecule has 2 unspecified atom stereocenters. The summed E-state index contributed by atoms with van der Waals surface area (Å²) in [6, 6.07) is 5.63. The molecule has 2 fully saturated rings. The van der Waals surface area contributed by atoms with E-state index in [0.29, 0.717) is 0 Å². The number of aliphatic carboxylic acids is 1. The molecule has 4 rings (SSSR count). The molecule has 208 valence electrons. The van der Waals surface area contributed by atoms with Crippen LogP contribution in [0.15, 0.2) is 34.7 Å². The first-order chi connectivity index (χ1) is 18.6. The highest BCUT2D eigenvalue weighted by molar-refractivity contribution is 6.42. The second-order valence-electron chi connectivity index (χ2n) is 9.51. The topological polar surface area (TPSA) is 163 Å². The van der Waals surface area contributed by atoms with Gasteiger partial charge in [0.2, 0.25) is 0 Å². The van der Waals surface area contributed by atoms with E-state index in [1.165, 1.54) is 23.1 Å². The molecule has 1 aliphatic carbocycles. The van der Waals surface area contributed by atoms with Gasteiger partial charge in [-0.05, 0) is 43.0 Å². The largest absolute Gasteiger partial charge is 0.481 e. The number of carboxylic acid groups (broad SMARTS) is 1. The molecule has 0 radical (unpaired) electrons. The van der Waals surface area contributed by atoms with Gasteiger partial charge in [-0.15, -0.1) is 0 Å². The van der Waals surface area contributed by atoms with Crippen molar-refractivity contribution in [2.24, 2.45) is 5.92 Å². The summed E-state index contributed by atoms with van der Waals surface area (Å²) in [5, 5.41) is 23.7. The van der Waals surface area contributed by atoms with E-state index in [0.717, 1.165) is 49.1 Å². The Balaban J connectivity index is 1.65. The number of carbonyl (C=O) groups is 4. The molecule has 2 N–H and O–H groups in total. The summed E-state index contributed by atoms with van der Waals surface area (Å²) < 4.78 is 5.05. The van der Waals surface area contributed by atoms with Crippen LogP contribution in [0.5, 0.6) is 0 Å². The fraction of sp³-hybridized carbons (Fsp3) is 0.440. The molecule has 12 nitrogen and oxygen atoms in total. The van der Waals surface area contributed by atoms with Crippen molar-refractivity contribution in [1.82, 2.24) is 15.1 Å². The van der Waals surface area contributed by atoms with Gasteiger partial charge in [0.15, 0.2) is 11.9 Å². The number of hydrogen-bond acceptors (Lipinski definition) is 7. The minimum atomic E-state index is -1.47. The number of rotatable bonds is 8. The van der Waals surface area contributed by atoms with E-state index in [4.69, 9.17) is 27.6 Å². The molecule has 1 aliphatic heterocycles. The highest BCUT2D eigenvalue weighted by Crippen LogP contribution is 2.30. The van der Waals surface area contributed by atoms with Gasteiger partial charge in [-0.2, -0.15) is 0 Å². The lowest BCUT2D eigenvalue weighted by Crippen LogP contribution is -2.56. The summed E-state index contributed by atoms with van der Waals surface area (Å²) in [5.41, 5.74) is 0.125. The number of nitrogens with zero attached hydrogens (tertiary/aromatic N) is 3. The van der Waals surface area contributed by atoms with E-state index in [1.807, 2.05) is 0 Å². The van der Waals surface area contributed by atoms with E-state index in [2.05, 4.69) is 5.32 Å². The molecule has 14 heteroatoms. The Morgan fingerprint density at radius 3 is 2.28 bits per heavy atom. The quantitative estimate of drug-likeness (QED) is 0.350. The van der Waals surface area contributed by atoms with Gasteiger partial charge in [-0.1, -0.05) is 42.5 Å². The zero-order chi connectivity index (χ0) is 28.3. The van der Waals surface area contributed by atoms with Gasteiger partial charge in [0.05, 0.1) is 22.5 Å². The van der Waals surface area contributed by atoms with Crippen molar-refractivity contribution in [1.29, 1.82) is 0 Å². The van der Waals surface area contributed by atoms with Crippen molar-refractivity contribution >= 4 is 52.8 Å². The number of carboxylic acids is 1. The molecule has 1 aromatic heterocycles. The van der Waals surface area contributed by atoms with Gasteiger partial charge in [0, 0.05) is 24.7 Å². The van der Waals surface area contributed by atoms with Crippen LogP contribution in [0.3, 0.4) is 0 Å². The molecule has 0 spiro atoms. The predicted molar refractivity (Wildman–Crippen MR) is 138 cm³/mol. The van der Waals surface area contributed by atoms with E-state index < -0.39 is 46.7 Å². The highest BCUT2D eigenvalue weighted by atomic mass is 35.5. The van der Waals surface area contributed by atoms with Crippen molar-refractivity contribution in [2.75, 3.05) is 13.1 Å². The molecule has 2 aromatic rings. The Morgan fingerprint density at radius 1 is 1.03 bits per heavy atom. The average Bonchev–Trinajstić information content (AvgIpc) is 3.58. The molecule has 1 aromatic carbocycles. The number of halogens is 2. The molecule has 2 atom stereocenters. The second-order valence-corrected chi connectivity index (χ2v) is 10.3. The number of amides is 3. The summed E-state index contributed by atoms with van der Waals surface area (Å²) >= 11 is 12.1. The number of furan rings is 1. The first-order valence-corrected chi connectivity index (χ1v) is 13.2. The fourth-order valence-electron chi connectivity index (χ4n) is 5.13. The molecule has 2 heterocycles. The number of hydrogen-bond donors (Lipinski definition) is 2. The van der Waals surface area contributed by atoms with Crippen LogP contribution in [0.2, 0.25) is 10.0 Å². The molecule has 1 saturated carbocycles. The third kappa shape index (κ3) is 6.34. The zero-order valence-corrected chi connectivity index (χ0v) is 22.2. The summed E-state index contributed by atoms with van der Waals surface area (Å²) in [6.45, 7) is -0.121. The van der Waals surface area contributed by atoms with Gasteiger partial charge >= 0.3 is 11.9 Å². The Hall–Kier alpha value is -3.64. The van der Waals surface area contributed by atoms with Crippen molar-refractivity contribution in [2.45, 2.75) is 50.7 Å². The van der Waals surface area contributed by atoms with Crippen LogP contribution in [-0.4, -0.2) is 68.8 Å². The monoisotopic (exact) mass is 580 g/mol. The van der Waals surface area contributed by atoms with Crippen LogP contribution in [0.4, 0.5) is 5.88 Å². The standard InChI is InChI=1S/C25H26Cl2N4O8/c26-16-7-6-15(12-17(16)27)24(35)29-10-11-30(25(36)19-8-9-20(39-19)31(37)38)23(29)22(34)28-18(13-21(32)33)14-4-2-1-3-5-14/h6-9,12,14,18,23H,1-5,10-11,13H2,(H,28,34)(H,32,33). The van der Waals surface area contributed by atoms with Gasteiger partial charge in [0.25, 0.3) is 17.7 Å². The van der Waals surface area contributed by atoms with Crippen molar-refractivity contribution in [3.05, 3.63) is 61.8 Å². The minimum Gasteiger partial charge on any atom is -0.481 e. The SMILES string of the molecule is O=C(O)CC(NC(=O)C1N(C(=O)c2ccc(Cl)c(Cl)c2)CCN1C(=O)c1ccc([N+](=O)[O-])o1)C1CCCCC1. The van der Waals surface area contributed by atoms with E-state index in [9.17, 15) is 34.4 Å². The van der Waals surface area contributed by atoms with Crippen LogP contribution in [0, 0.1) is 16.0 Å². The molecular weight excluding hydrogens is 555 g/mol. The van der Waals surface area contributed by atoms with Crippen LogP contribution in [-0.2, 0) is 9.59 Å².